The summed E-state index contributed by atoms with van der Waals surface area (Å²) in [7, 11) is -4.15. The minimum absolute atomic E-state index is 0.0969. The maximum atomic E-state index is 14.9. The van der Waals surface area contributed by atoms with E-state index in [-0.39, 0.29) is 31.5 Å². The van der Waals surface area contributed by atoms with E-state index in [0.717, 1.165) is 11.0 Å². The number of halogens is 4. The first-order chi connectivity index (χ1) is 15.9. The second-order valence-corrected chi connectivity index (χ2v) is 11.3. The maximum absolute atomic E-state index is 14.9. The molecule has 1 aliphatic heterocycles. The van der Waals surface area contributed by atoms with E-state index in [0.29, 0.717) is 16.7 Å². The van der Waals surface area contributed by atoms with Gasteiger partial charge in [0.05, 0.1) is 34.5 Å². The van der Waals surface area contributed by atoms with Crippen molar-refractivity contribution in [2.24, 2.45) is 11.7 Å². The van der Waals surface area contributed by atoms with Crippen LogP contribution in [-0.4, -0.2) is 37.8 Å². The number of nitrogens with zero attached hydrogens (tertiary/aromatic N) is 1. The van der Waals surface area contributed by atoms with Crippen molar-refractivity contribution in [1.82, 2.24) is 0 Å². The number of Topliss-reactive ketones (excluding diaryl/α,β-unsaturated/α-hetero) is 1. The Labute approximate surface area is 199 Å². The number of anilines is 1. The molecule has 34 heavy (non-hydrogen) atoms. The summed E-state index contributed by atoms with van der Waals surface area (Å²) in [4.78, 5) is 26.5. The van der Waals surface area contributed by atoms with Crippen LogP contribution in [0.2, 0.25) is 5.02 Å². The predicted octanol–water partition coefficient (Wildman–Crippen LogP) is 4.14. The summed E-state index contributed by atoms with van der Waals surface area (Å²) < 4.78 is 67.7. The van der Waals surface area contributed by atoms with Gasteiger partial charge in [0, 0.05) is 24.3 Å². The molecule has 1 heterocycles. The first-order valence-electron chi connectivity index (χ1n) is 10.6. The molecule has 11 heteroatoms. The molecule has 0 radical (unpaired) electrons. The molecule has 1 aliphatic carbocycles. The maximum Gasteiger partial charge on any atom is 0.248 e. The van der Waals surface area contributed by atoms with Crippen LogP contribution in [0.4, 0.5) is 18.9 Å². The number of rotatable bonds is 5. The highest BCUT2D eigenvalue weighted by molar-refractivity contribution is 7.91. The molecule has 2 aliphatic rings. The summed E-state index contributed by atoms with van der Waals surface area (Å²) in [6.07, 6.45) is -0.967. The Kier molecular flexibility index (Phi) is 6.52. The molecule has 4 rings (SSSR count). The van der Waals surface area contributed by atoms with Crippen LogP contribution in [0, 0.1) is 11.7 Å². The van der Waals surface area contributed by atoms with E-state index in [2.05, 4.69) is 0 Å². The third-order valence-electron chi connectivity index (χ3n) is 6.19. The van der Waals surface area contributed by atoms with Crippen LogP contribution in [0.15, 0.2) is 41.3 Å². The van der Waals surface area contributed by atoms with Crippen molar-refractivity contribution in [1.29, 1.82) is 0 Å². The van der Waals surface area contributed by atoms with Crippen LogP contribution in [0.1, 0.15) is 41.6 Å². The van der Waals surface area contributed by atoms with Crippen molar-refractivity contribution < 1.29 is 31.2 Å². The molecular weight excluding hydrogens is 493 g/mol. The molecular formula is C23H22ClF3N2O4S. The monoisotopic (exact) mass is 514 g/mol. The Bertz CT molecular complexity index is 1250. The lowest BCUT2D eigenvalue weighted by Gasteiger charge is -2.25. The molecule has 0 saturated heterocycles. The van der Waals surface area contributed by atoms with Crippen molar-refractivity contribution >= 4 is 38.8 Å². The Morgan fingerprint density at radius 1 is 1.21 bits per heavy atom. The highest BCUT2D eigenvalue weighted by atomic mass is 35.5. The van der Waals surface area contributed by atoms with Gasteiger partial charge in [0.25, 0.3) is 0 Å². The fourth-order valence-corrected chi connectivity index (χ4v) is 6.15. The highest BCUT2D eigenvalue weighted by Gasteiger charge is 2.41. The van der Waals surface area contributed by atoms with E-state index in [9.17, 15) is 31.2 Å². The van der Waals surface area contributed by atoms with Gasteiger partial charge in [-0.2, -0.15) is 0 Å². The molecule has 2 atom stereocenters. The van der Waals surface area contributed by atoms with Gasteiger partial charge in [-0.25, -0.2) is 21.6 Å². The van der Waals surface area contributed by atoms with E-state index in [1.165, 1.54) is 0 Å². The summed E-state index contributed by atoms with van der Waals surface area (Å²) >= 11 is 5.91. The lowest BCUT2D eigenvalue weighted by Crippen LogP contribution is -2.45. The zero-order valence-corrected chi connectivity index (χ0v) is 19.5. The van der Waals surface area contributed by atoms with Gasteiger partial charge in [0.2, 0.25) is 11.8 Å². The number of alkyl halides is 2. The standard InChI is InChI=1S/C23H22ClF3N2O4S/c24-15-3-1-13(2-4-15)11-29-19-8-16(20(30)7-14-5-6-23(26,27)10-14)17(25)9-21(19)34(32,33)12-18(28)22(29)31/h1-4,8-9,14,18H,5-7,10-12,28H2/t14?,18-/m0/s1. The quantitative estimate of drug-likeness (QED) is 0.605. The molecule has 6 nitrogen and oxygen atoms in total. The summed E-state index contributed by atoms with van der Waals surface area (Å²) in [5.74, 6) is -6.72. The largest absolute Gasteiger partial charge is 0.319 e. The summed E-state index contributed by atoms with van der Waals surface area (Å²) in [5.41, 5.74) is 5.82. The van der Waals surface area contributed by atoms with Crippen LogP contribution >= 0.6 is 11.6 Å². The van der Waals surface area contributed by atoms with E-state index >= 15 is 0 Å². The molecule has 2 N–H and O–H groups in total. The predicted molar refractivity (Wildman–Crippen MR) is 120 cm³/mol. The summed E-state index contributed by atoms with van der Waals surface area (Å²) in [6, 6.07) is 6.78. The van der Waals surface area contributed by atoms with Gasteiger partial charge in [-0.05, 0) is 42.2 Å². The van der Waals surface area contributed by atoms with Crippen molar-refractivity contribution in [2.45, 2.75) is 49.1 Å². The molecule has 0 aromatic heterocycles. The van der Waals surface area contributed by atoms with Gasteiger partial charge in [0.15, 0.2) is 15.6 Å². The zero-order chi connectivity index (χ0) is 24.8. The molecule has 2 aromatic rings. The lowest BCUT2D eigenvalue weighted by atomic mass is 9.96. The van der Waals surface area contributed by atoms with Gasteiger partial charge in [-0.1, -0.05) is 23.7 Å². The van der Waals surface area contributed by atoms with Gasteiger partial charge in [0.1, 0.15) is 5.82 Å². The van der Waals surface area contributed by atoms with Gasteiger partial charge >= 0.3 is 0 Å². The Hall–Kier alpha value is -2.43. The van der Waals surface area contributed by atoms with Gasteiger partial charge < -0.3 is 10.6 Å². The molecule has 182 valence electrons. The van der Waals surface area contributed by atoms with Crippen molar-refractivity contribution in [3.8, 4) is 0 Å². The van der Waals surface area contributed by atoms with Crippen LogP contribution < -0.4 is 10.6 Å². The second-order valence-electron chi connectivity index (χ2n) is 8.83. The lowest BCUT2D eigenvalue weighted by molar-refractivity contribution is -0.119. The summed E-state index contributed by atoms with van der Waals surface area (Å²) in [6.45, 7) is -0.0969. The van der Waals surface area contributed by atoms with Crippen molar-refractivity contribution in [2.75, 3.05) is 10.7 Å². The second kappa shape index (κ2) is 8.98. The SMILES string of the molecule is N[C@H]1CS(=O)(=O)c2cc(F)c(C(=O)CC3CCC(F)(F)C3)cc2N(Cc2ccc(Cl)cc2)C1=O. The number of nitrogens with two attached hydrogens (primary N) is 1. The number of sulfone groups is 1. The van der Waals surface area contributed by atoms with E-state index in [4.69, 9.17) is 17.3 Å². The normalized spacial score (nSPS) is 23.4. The number of ketones is 1. The number of carbonyl (C=O) groups is 2. The average Bonchev–Trinajstić information content (AvgIpc) is 3.07. The zero-order valence-electron chi connectivity index (χ0n) is 17.9. The molecule has 2 aromatic carbocycles. The van der Waals surface area contributed by atoms with Crippen molar-refractivity contribution in [3.63, 3.8) is 0 Å². The fraction of sp³-hybridized carbons (Fsp3) is 0.391. The number of fused-ring (bicyclic) bond motifs is 1. The van der Waals surface area contributed by atoms with Crippen molar-refractivity contribution in [3.05, 3.63) is 58.4 Å². The van der Waals surface area contributed by atoms with Crippen LogP contribution in [0.3, 0.4) is 0 Å². The van der Waals surface area contributed by atoms with E-state index in [1.54, 1.807) is 24.3 Å². The van der Waals surface area contributed by atoms with Crippen LogP contribution in [-0.2, 0) is 21.2 Å². The topological polar surface area (TPSA) is 97.5 Å². The van der Waals surface area contributed by atoms with Gasteiger partial charge in [-0.15, -0.1) is 0 Å². The van der Waals surface area contributed by atoms with E-state index < -0.39 is 67.9 Å². The minimum atomic E-state index is -4.15. The number of benzene rings is 2. The smallest absolute Gasteiger partial charge is 0.248 e. The highest BCUT2D eigenvalue weighted by Crippen LogP contribution is 2.41. The van der Waals surface area contributed by atoms with E-state index in [1.807, 2.05) is 0 Å². The molecule has 1 amide bonds. The average molecular weight is 515 g/mol. The third-order valence-corrected chi connectivity index (χ3v) is 8.24. The fourth-order valence-electron chi connectivity index (χ4n) is 4.46. The number of carbonyl (C=O) groups excluding carboxylic acids is 2. The molecule has 1 fully saturated rings. The number of hydrogen-bond acceptors (Lipinski definition) is 5. The molecule has 1 unspecified atom stereocenters. The van der Waals surface area contributed by atoms with Gasteiger partial charge in [-0.3, -0.25) is 9.59 Å². The first kappa shape index (κ1) is 24.7. The Balaban J connectivity index is 1.76. The minimum Gasteiger partial charge on any atom is -0.319 e. The molecule has 0 spiro atoms. The molecule has 0 bridgehead atoms. The van der Waals surface area contributed by atoms with Crippen LogP contribution in [0.5, 0.6) is 0 Å². The number of amides is 1. The Morgan fingerprint density at radius 2 is 1.88 bits per heavy atom. The Morgan fingerprint density at radius 3 is 2.50 bits per heavy atom. The van der Waals surface area contributed by atoms with Crippen LogP contribution in [0.25, 0.3) is 0 Å². The summed E-state index contributed by atoms with van der Waals surface area (Å²) in [5, 5.41) is 0.457. The third kappa shape index (κ3) is 4.99. The first-order valence-corrected chi connectivity index (χ1v) is 12.7. The number of hydrogen-bond donors (Lipinski definition) is 1. The molecule has 1 saturated carbocycles.